The molecule has 4 aromatic rings. The lowest BCUT2D eigenvalue weighted by Gasteiger charge is -2.09. The predicted molar refractivity (Wildman–Crippen MR) is 116 cm³/mol. The van der Waals surface area contributed by atoms with Gasteiger partial charge in [-0.25, -0.2) is 9.78 Å². The lowest BCUT2D eigenvalue weighted by atomic mass is 10.1. The number of anilines is 1. The first kappa shape index (κ1) is 19.7. The van der Waals surface area contributed by atoms with E-state index >= 15 is 0 Å². The maximum atomic E-state index is 12.6. The summed E-state index contributed by atoms with van der Waals surface area (Å²) in [5.41, 5.74) is 1.99. The molecule has 2 aromatic heterocycles. The number of imidazole rings is 1. The summed E-state index contributed by atoms with van der Waals surface area (Å²) in [5, 5.41) is 3.49. The molecule has 0 aliphatic heterocycles. The van der Waals surface area contributed by atoms with Gasteiger partial charge in [-0.05, 0) is 35.4 Å². The van der Waals surface area contributed by atoms with Crippen molar-refractivity contribution in [2.45, 2.75) is 6.54 Å². The third kappa shape index (κ3) is 3.53. The van der Waals surface area contributed by atoms with Crippen LogP contribution in [0.3, 0.4) is 0 Å². The number of aromatic nitrogens is 4. The molecule has 4 rings (SSSR count). The number of benzene rings is 2. The molecule has 0 spiro atoms. The zero-order chi connectivity index (χ0) is 21.4. The van der Waals surface area contributed by atoms with E-state index in [1.807, 2.05) is 30.3 Å². The molecule has 152 valence electrons. The van der Waals surface area contributed by atoms with Crippen molar-refractivity contribution in [2.24, 2.45) is 14.1 Å². The molecule has 0 fully saturated rings. The number of nitrogens with zero attached hydrogens (tertiary/aromatic N) is 4. The van der Waals surface area contributed by atoms with Crippen molar-refractivity contribution < 1.29 is 4.79 Å². The number of carbonyl (C=O) groups is 1. The summed E-state index contributed by atoms with van der Waals surface area (Å²) >= 11 is 5.94. The van der Waals surface area contributed by atoms with Gasteiger partial charge in [0.15, 0.2) is 11.2 Å². The fourth-order valence-electron chi connectivity index (χ4n) is 3.29. The number of carbonyl (C=O) groups excluding carboxylic acids is 1. The minimum absolute atomic E-state index is 0.116. The number of hydrogen-bond acceptors (Lipinski definition) is 4. The number of rotatable bonds is 4. The Balaban J connectivity index is 1.59. The monoisotopic (exact) mass is 423 g/mol. The highest BCUT2D eigenvalue weighted by atomic mass is 35.5. The molecule has 0 radical (unpaired) electrons. The maximum absolute atomic E-state index is 12.6. The van der Waals surface area contributed by atoms with Crippen LogP contribution < -0.4 is 16.6 Å². The Bertz CT molecular complexity index is 1380. The number of nitrogens with one attached hydrogen (secondary N) is 1. The summed E-state index contributed by atoms with van der Waals surface area (Å²) in [5.74, 6) is -0.321. The molecular formula is C21H18ClN5O3. The van der Waals surface area contributed by atoms with Gasteiger partial charge in [0.2, 0.25) is 5.91 Å². The van der Waals surface area contributed by atoms with Crippen molar-refractivity contribution in [3.05, 3.63) is 80.7 Å². The standard InChI is InChI=1S/C21H18ClN5O3/c1-25-19-18(20(29)26(2)21(25)30)27(12-23-19)11-17(28)24-16-5-3-4-14(10-16)13-6-8-15(22)9-7-13/h3-10,12H,11H2,1-2H3,(H,24,28). The highest BCUT2D eigenvalue weighted by Crippen LogP contribution is 2.24. The summed E-state index contributed by atoms with van der Waals surface area (Å²) in [6, 6.07) is 14.8. The van der Waals surface area contributed by atoms with Crippen LogP contribution in [-0.4, -0.2) is 24.6 Å². The number of amides is 1. The van der Waals surface area contributed by atoms with Crippen LogP contribution in [0.15, 0.2) is 64.4 Å². The molecule has 9 heteroatoms. The molecule has 0 bridgehead atoms. The van der Waals surface area contributed by atoms with Crippen molar-refractivity contribution in [1.29, 1.82) is 0 Å². The van der Waals surface area contributed by atoms with E-state index in [1.165, 1.54) is 29.6 Å². The van der Waals surface area contributed by atoms with Crippen molar-refractivity contribution >= 4 is 34.4 Å². The number of hydrogen-bond donors (Lipinski definition) is 1. The Labute approximate surface area is 176 Å². The van der Waals surface area contributed by atoms with E-state index in [-0.39, 0.29) is 23.6 Å². The third-order valence-electron chi connectivity index (χ3n) is 4.86. The van der Waals surface area contributed by atoms with Crippen molar-refractivity contribution in [2.75, 3.05) is 5.32 Å². The van der Waals surface area contributed by atoms with Crippen LogP contribution in [0.1, 0.15) is 0 Å². The lowest BCUT2D eigenvalue weighted by Crippen LogP contribution is -2.37. The van der Waals surface area contributed by atoms with Crippen LogP contribution in [0.4, 0.5) is 5.69 Å². The van der Waals surface area contributed by atoms with E-state index in [1.54, 1.807) is 18.2 Å². The Kier molecular flexibility index (Phi) is 5.01. The van der Waals surface area contributed by atoms with Gasteiger partial charge in [-0.15, -0.1) is 0 Å². The number of aryl methyl sites for hydroxylation is 1. The van der Waals surface area contributed by atoms with Crippen LogP contribution in [0.2, 0.25) is 5.02 Å². The Hall–Kier alpha value is -3.65. The van der Waals surface area contributed by atoms with Gasteiger partial charge in [0.05, 0.1) is 6.33 Å². The second-order valence-corrected chi connectivity index (χ2v) is 7.32. The zero-order valence-corrected chi connectivity index (χ0v) is 17.1. The first-order chi connectivity index (χ1) is 14.3. The van der Waals surface area contributed by atoms with E-state index in [2.05, 4.69) is 10.3 Å². The highest BCUT2D eigenvalue weighted by molar-refractivity contribution is 6.30. The average molecular weight is 424 g/mol. The minimum atomic E-state index is -0.497. The van der Waals surface area contributed by atoms with Crippen LogP contribution in [0, 0.1) is 0 Å². The summed E-state index contributed by atoms with van der Waals surface area (Å²) in [6.07, 6.45) is 1.38. The summed E-state index contributed by atoms with van der Waals surface area (Å²) in [4.78, 5) is 41.3. The molecule has 0 aliphatic carbocycles. The predicted octanol–water partition coefficient (Wildman–Crippen LogP) is 2.39. The lowest BCUT2D eigenvalue weighted by molar-refractivity contribution is -0.116. The average Bonchev–Trinajstić information content (AvgIpc) is 3.15. The van der Waals surface area contributed by atoms with Crippen molar-refractivity contribution in [3.8, 4) is 11.1 Å². The smallest absolute Gasteiger partial charge is 0.325 e. The van der Waals surface area contributed by atoms with Crippen molar-refractivity contribution in [1.82, 2.24) is 18.7 Å². The summed E-state index contributed by atoms with van der Waals surface area (Å²) in [7, 11) is 2.92. The second kappa shape index (κ2) is 7.64. The third-order valence-corrected chi connectivity index (χ3v) is 5.11. The van der Waals surface area contributed by atoms with E-state index < -0.39 is 11.2 Å². The van der Waals surface area contributed by atoms with Gasteiger partial charge in [0.25, 0.3) is 5.56 Å². The number of halogens is 1. The minimum Gasteiger partial charge on any atom is -0.325 e. The van der Waals surface area contributed by atoms with Gasteiger partial charge in [-0.2, -0.15) is 0 Å². The SMILES string of the molecule is Cn1c(=O)c2c(ncn2CC(=O)Nc2cccc(-c3ccc(Cl)cc3)c2)n(C)c1=O. The molecule has 0 aliphatic rings. The van der Waals surface area contributed by atoms with E-state index in [4.69, 9.17) is 11.6 Å². The molecule has 1 amide bonds. The summed E-state index contributed by atoms with van der Waals surface area (Å²) in [6.45, 7) is -0.116. The van der Waals surface area contributed by atoms with Crippen LogP contribution in [0.25, 0.3) is 22.3 Å². The van der Waals surface area contributed by atoms with Gasteiger partial charge in [0.1, 0.15) is 6.54 Å². The van der Waals surface area contributed by atoms with Gasteiger partial charge < -0.3 is 9.88 Å². The highest BCUT2D eigenvalue weighted by Gasteiger charge is 2.16. The Morgan fingerprint density at radius 1 is 1.03 bits per heavy atom. The van der Waals surface area contributed by atoms with Crippen LogP contribution in [0.5, 0.6) is 0 Å². The van der Waals surface area contributed by atoms with Gasteiger partial charge in [-0.1, -0.05) is 35.9 Å². The molecule has 2 heterocycles. The molecule has 1 N–H and O–H groups in total. The molecule has 30 heavy (non-hydrogen) atoms. The van der Waals surface area contributed by atoms with E-state index in [0.717, 1.165) is 15.7 Å². The molecule has 0 unspecified atom stereocenters. The first-order valence-corrected chi connectivity index (χ1v) is 9.49. The Morgan fingerprint density at radius 3 is 2.50 bits per heavy atom. The van der Waals surface area contributed by atoms with Gasteiger partial charge in [-0.3, -0.25) is 18.7 Å². The van der Waals surface area contributed by atoms with Crippen LogP contribution >= 0.6 is 11.6 Å². The maximum Gasteiger partial charge on any atom is 0.332 e. The Morgan fingerprint density at radius 2 is 1.77 bits per heavy atom. The van der Waals surface area contributed by atoms with E-state index in [0.29, 0.717) is 10.7 Å². The van der Waals surface area contributed by atoms with Crippen LogP contribution in [-0.2, 0) is 25.4 Å². The normalized spacial score (nSPS) is 11.0. The van der Waals surface area contributed by atoms with Gasteiger partial charge in [0, 0.05) is 24.8 Å². The molecular weight excluding hydrogens is 406 g/mol. The van der Waals surface area contributed by atoms with E-state index in [9.17, 15) is 14.4 Å². The molecule has 0 atom stereocenters. The fraction of sp³-hybridized carbons (Fsp3) is 0.143. The second-order valence-electron chi connectivity index (χ2n) is 6.89. The molecule has 0 saturated carbocycles. The zero-order valence-electron chi connectivity index (χ0n) is 16.3. The summed E-state index contributed by atoms with van der Waals surface area (Å²) < 4.78 is 3.71. The number of fused-ring (bicyclic) bond motifs is 1. The van der Waals surface area contributed by atoms with Crippen molar-refractivity contribution in [3.63, 3.8) is 0 Å². The fourth-order valence-corrected chi connectivity index (χ4v) is 3.42. The topological polar surface area (TPSA) is 90.9 Å². The quantitative estimate of drug-likeness (QED) is 0.545. The largest absolute Gasteiger partial charge is 0.332 e. The van der Waals surface area contributed by atoms with Gasteiger partial charge >= 0.3 is 5.69 Å². The first-order valence-electron chi connectivity index (χ1n) is 9.12. The molecule has 8 nitrogen and oxygen atoms in total. The molecule has 0 saturated heterocycles. The molecule has 2 aromatic carbocycles.